The summed E-state index contributed by atoms with van der Waals surface area (Å²) >= 11 is 0. The lowest BCUT2D eigenvalue weighted by atomic mass is 10.2. The number of aromatic nitrogens is 3. The Morgan fingerprint density at radius 2 is 2.28 bits per heavy atom. The molecule has 0 fully saturated rings. The minimum Gasteiger partial charge on any atom is -0.334 e. The van der Waals surface area contributed by atoms with Crippen molar-refractivity contribution < 1.29 is 4.79 Å². The van der Waals surface area contributed by atoms with Gasteiger partial charge in [0.25, 0.3) is 0 Å². The molecule has 5 nitrogen and oxygen atoms in total. The van der Waals surface area contributed by atoms with Gasteiger partial charge in [-0.15, -0.1) is 0 Å². The Labute approximate surface area is 105 Å². The maximum Gasteiger partial charge on any atom is 0.229 e. The van der Waals surface area contributed by atoms with Crippen LogP contribution in [0, 0.1) is 6.92 Å². The van der Waals surface area contributed by atoms with Crippen molar-refractivity contribution in [1.82, 2.24) is 20.1 Å². The van der Waals surface area contributed by atoms with Crippen LogP contribution in [0.1, 0.15) is 22.5 Å². The number of carbonyl (C=O) groups excluding carboxylic acids is 1. The predicted molar refractivity (Wildman–Crippen MR) is 65.5 cm³/mol. The highest BCUT2D eigenvalue weighted by Gasteiger charge is 2.23. The molecule has 2 aromatic rings. The first-order valence-electron chi connectivity index (χ1n) is 5.93. The van der Waals surface area contributed by atoms with Gasteiger partial charge < -0.3 is 4.90 Å². The van der Waals surface area contributed by atoms with Crippen molar-refractivity contribution in [2.24, 2.45) is 0 Å². The van der Waals surface area contributed by atoms with E-state index < -0.39 is 0 Å². The summed E-state index contributed by atoms with van der Waals surface area (Å²) in [5.41, 5.74) is 4.21. The maximum absolute atomic E-state index is 12.1. The Bertz CT molecular complexity index is 577. The van der Waals surface area contributed by atoms with Gasteiger partial charge in [0.2, 0.25) is 5.91 Å². The van der Waals surface area contributed by atoms with Crippen LogP contribution in [0.2, 0.25) is 0 Å². The fraction of sp³-hybridized carbons (Fsp3) is 0.308. The number of fused-ring (bicyclic) bond motifs is 1. The quantitative estimate of drug-likeness (QED) is 0.860. The van der Waals surface area contributed by atoms with Crippen LogP contribution in [0.5, 0.6) is 0 Å². The second kappa shape index (κ2) is 4.25. The SMILES string of the molecule is Cc1cc2c(cn1)CN(C(=O)Cc1ccn[nH]1)C2. The Kier molecular flexibility index (Phi) is 2.59. The molecular weight excluding hydrogens is 228 g/mol. The summed E-state index contributed by atoms with van der Waals surface area (Å²) in [7, 11) is 0. The van der Waals surface area contributed by atoms with Gasteiger partial charge in [0.05, 0.1) is 6.42 Å². The number of hydrogen-bond acceptors (Lipinski definition) is 3. The molecule has 1 amide bonds. The Balaban J connectivity index is 1.72. The van der Waals surface area contributed by atoms with Crippen molar-refractivity contribution in [3.05, 3.63) is 47.0 Å². The van der Waals surface area contributed by atoms with Crippen LogP contribution in [0.3, 0.4) is 0 Å². The number of H-pyrrole nitrogens is 1. The topological polar surface area (TPSA) is 61.9 Å². The van der Waals surface area contributed by atoms with E-state index in [0.717, 1.165) is 17.0 Å². The highest BCUT2D eigenvalue weighted by molar-refractivity contribution is 5.79. The second-order valence-corrected chi connectivity index (χ2v) is 4.60. The van der Waals surface area contributed by atoms with Crippen molar-refractivity contribution in [2.75, 3.05) is 0 Å². The number of nitrogens with zero attached hydrogens (tertiary/aromatic N) is 3. The van der Waals surface area contributed by atoms with Crippen LogP contribution in [0.15, 0.2) is 24.5 Å². The van der Waals surface area contributed by atoms with Gasteiger partial charge in [-0.1, -0.05) is 0 Å². The molecule has 18 heavy (non-hydrogen) atoms. The average Bonchev–Trinajstić information content (AvgIpc) is 2.96. The van der Waals surface area contributed by atoms with E-state index in [2.05, 4.69) is 21.2 Å². The van der Waals surface area contributed by atoms with Crippen LogP contribution in [0.4, 0.5) is 0 Å². The fourth-order valence-corrected chi connectivity index (χ4v) is 2.24. The molecule has 1 aliphatic heterocycles. The maximum atomic E-state index is 12.1. The molecule has 0 spiro atoms. The van der Waals surface area contributed by atoms with E-state index in [1.54, 1.807) is 6.20 Å². The normalized spacial score (nSPS) is 13.7. The van der Waals surface area contributed by atoms with Crippen LogP contribution < -0.4 is 0 Å². The number of carbonyl (C=O) groups is 1. The average molecular weight is 242 g/mol. The Hall–Kier alpha value is -2.17. The summed E-state index contributed by atoms with van der Waals surface area (Å²) in [5, 5.41) is 6.66. The molecule has 0 aromatic carbocycles. The van der Waals surface area contributed by atoms with Gasteiger partial charge in [-0.3, -0.25) is 14.9 Å². The number of aryl methyl sites for hydroxylation is 1. The van der Waals surface area contributed by atoms with Crippen molar-refractivity contribution in [2.45, 2.75) is 26.4 Å². The van der Waals surface area contributed by atoms with E-state index in [0.29, 0.717) is 19.5 Å². The molecule has 0 radical (unpaired) electrons. The number of rotatable bonds is 2. The third kappa shape index (κ3) is 1.99. The molecule has 0 saturated carbocycles. The Morgan fingerprint density at radius 3 is 3.06 bits per heavy atom. The lowest BCUT2D eigenvalue weighted by molar-refractivity contribution is -0.131. The molecule has 2 aromatic heterocycles. The van der Waals surface area contributed by atoms with E-state index in [1.165, 1.54) is 5.56 Å². The molecule has 92 valence electrons. The number of aromatic amines is 1. The molecule has 0 atom stereocenters. The molecule has 5 heteroatoms. The van der Waals surface area contributed by atoms with Crippen LogP contribution >= 0.6 is 0 Å². The lowest BCUT2D eigenvalue weighted by Gasteiger charge is -2.14. The summed E-state index contributed by atoms with van der Waals surface area (Å²) in [6.45, 7) is 3.32. The molecular formula is C13H14N4O. The van der Waals surface area contributed by atoms with Gasteiger partial charge in [0, 0.05) is 36.9 Å². The monoisotopic (exact) mass is 242 g/mol. The number of hydrogen-bond donors (Lipinski definition) is 1. The van der Waals surface area contributed by atoms with Crippen LogP contribution in [-0.2, 0) is 24.3 Å². The van der Waals surface area contributed by atoms with Gasteiger partial charge in [-0.25, -0.2) is 0 Å². The van der Waals surface area contributed by atoms with E-state index in [1.807, 2.05) is 24.1 Å². The summed E-state index contributed by atoms with van der Waals surface area (Å²) < 4.78 is 0. The van der Waals surface area contributed by atoms with Gasteiger partial charge >= 0.3 is 0 Å². The Morgan fingerprint density at radius 1 is 1.44 bits per heavy atom. The van der Waals surface area contributed by atoms with Gasteiger partial charge in [-0.05, 0) is 30.2 Å². The van der Waals surface area contributed by atoms with Crippen molar-refractivity contribution in [3.8, 4) is 0 Å². The number of nitrogens with one attached hydrogen (secondary N) is 1. The first-order chi connectivity index (χ1) is 8.72. The van der Waals surface area contributed by atoms with Gasteiger partial charge in [0.1, 0.15) is 0 Å². The highest BCUT2D eigenvalue weighted by Crippen LogP contribution is 2.22. The molecule has 0 bridgehead atoms. The van der Waals surface area contributed by atoms with Gasteiger partial charge in [-0.2, -0.15) is 5.10 Å². The molecule has 0 saturated heterocycles. The molecule has 0 aliphatic carbocycles. The molecule has 3 rings (SSSR count). The third-order valence-corrected chi connectivity index (χ3v) is 3.19. The molecule has 0 unspecified atom stereocenters. The van der Waals surface area contributed by atoms with Crippen molar-refractivity contribution >= 4 is 5.91 Å². The number of pyridine rings is 1. The second-order valence-electron chi connectivity index (χ2n) is 4.60. The van der Waals surface area contributed by atoms with E-state index in [9.17, 15) is 4.79 Å². The lowest BCUT2D eigenvalue weighted by Crippen LogP contribution is -2.27. The standard InChI is InChI=1S/C13H14N4O/c1-9-4-10-7-17(8-11(10)6-14-9)13(18)5-12-2-3-15-16-12/h2-4,6H,5,7-8H2,1H3,(H,15,16). The summed E-state index contributed by atoms with van der Waals surface area (Å²) in [5.74, 6) is 0.119. The molecule has 1 N–H and O–H groups in total. The van der Waals surface area contributed by atoms with Crippen molar-refractivity contribution in [3.63, 3.8) is 0 Å². The number of amides is 1. The summed E-state index contributed by atoms with van der Waals surface area (Å²) in [6.07, 6.45) is 3.91. The zero-order valence-corrected chi connectivity index (χ0v) is 10.2. The van der Waals surface area contributed by atoms with E-state index >= 15 is 0 Å². The molecule has 1 aliphatic rings. The zero-order valence-electron chi connectivity index (χ0n) is 10.2. The molecule has 3 heterocycles. The first-order valence-corrected chi connectivity index (χ1v) is 5.93. The van der Waals surface area contributed by atoms with Gasteiger partial charge in [0.15, 0.2) is 0 Å². The highest BCUT2D eigenvalue weighted by atomic mass is 16.2. The third-order valence-electron chi connectivity index (χ3n) is 3.19. The minimum absolute atomic E-state index is 0.119. The van der Waals surface area contributed by atoms with Crippen LogP contribution in [0.25, 0.3) is 0 Å². The zero-order chi connectivity index (χ0) is 12.5. The van der Waals surface area contributed by atoms with E-state index in [4.69, 9.17) is 0 Å². The summed E-state index contributed by atoms with van der Waals surface area (Å²) in [4.78, 5) is 18.2. The fourth-order valence-electron chi connectivity index (χ4n) is 2.24. The van der Waals surface area contributed by atoms with Crippen LogP contribution in [-0.4, -0.2) is 26.0 Å². The smallest absolute Gasteiger partial charge is 0.229 e. The van der Waals surface area contributed by atoms with Crippen molar-refractivity contribution in [1.29, 1.82) is 0 Å². The summed E-state index contributed by atoms with van der Waals surface area (Å²) in [6, 6.07) is 3.88. The minimum atomic E-state index is 0.119. The van der Waals surface area contributed by atoms with E-state index in [-0.39, 0.29) is 5.91 Å². The largest absolute Gasteiger partial charge is 0.334 e. The predicted octanol–water partition coefficient (Wildman–Crippen LogP) is 1.20. The first kappa shape index (κ1) is 11.0.